The van der Waals surface area contributed by atoms with Crippen molar-refractivity contribution in [2.45, 2.75) is 12.8 Å². The van der Waals surface area contributed by atoms with Crippen LogP contribution in [-0.4, -0.2) is 44.8 Å². The highest BCUT2D eigenvalue weighted by Gasteiger charge is 1.97. The molecule has 5 nitrogen and oxygen atoms in total. The third-order valence-electron chi connectivity index (χ3n) is 2.44. The van der Waals surface area contributed by atoms with Crippen molar-refractivity contribution < 1.29 is 4.74 Å². The van der Waals surface area contributed by atoms with E-state index in [1.165, 1.54) is 0 Å². The third-order valence-corrected chi connectivity index (χ3v) is 2.44. The summed E-state index contributed by atoms with van der Waals surface area (Å²) >= 11 is 0. The van der Waals surface area contributed by atoms with E-state index in [1.54, 1.807) is 14.2 Å². The van der Waals surface area contributed by atoms with E-state index < -0.39 is 0 Å². The summed E-state index contributed by atoms with van der Waals surface area (Å²) in [6.07, 6.45) is 3.67. The van der Waals surface area contributed by atoms with Gasteiger partial charge in [0.15, 0.2) is 5.96 Å². The molecule has 0 spiro atoms. The summed E-state index contributed by atoms with van der Waals surface area (Å²) in [6.45, 7) is 2.44. The summed E-state index contributed by atoms with van der Waals surface area (Å²) < 4.78 is 4.99. The highest BCUT2D eigenvalue weighted by molar-refractivity contribution is 14.0. The molecular weight excluding hydrogens is 355 g/mol. The van der Waals surface area contributed by atoms with Crippen LogP contribution < -0.4 is 10.6 Å². The number of ether oxygens (including phenoxy) is 1. The number of hydrogen-bond donors (Lipinski definition) is 2. The molecule has 0 aromatic carbocycles. The number of rotatable bonds is 7. The second-order valence-electron chi connectivity index (χ2n) is 3.84. The van der Waals surface area contributed by atoms with Crippen LogP contribution in [-0.2, 0) is 11.2 Å². The number of methoxy groups -OCH3 is 1. The Morgan fingerprint density at radius 3 is 2.74 bits per heavy atom. The summed E-state index contributed by atoms with van der Waals surface area (Å²) in [7, 11) is 3.48. The third kappa shape index (κ3) is 8.77. The Hall–Kier alpha value is -0.890. The minimum Gasteiger partial charge on any atom is -0.385 e. The fraction of sp³-hybridized carbons (Fsp3) is 0.538. The maximum atomic E-state index is 4.99. The van der Waals surface area contributed by atoms with Gasteiger partial charge in [0.2, 0.25) is 0 Å². The first kappa shape index (κ1) is 18.1. The van der Waals surface area contributed by atoms with Gasteiger partial charge in [0, 0.05) is 52.2 Å². The average Bonchev–Trinajstić information content (AvgIpc) is 2.42. The van der Waals surface area contributed by atoms with E-state index in [2.05, 4.69) is 20.6 Å². The van der Waals surface area contributed by atoms with Crippen LogP contribution in [0.4, 0.5) is 0 Å². The molecule has 6 heteroatoms. The number of guanidine groups is 1. The Bertz CT molecular complexity index is 346. The summed E-state index contributed by atoms with van der Waals surface area (Å²) in [4.78, 5) is 8.42. The minimum atomic E-state index is 0. The van der Waals surface area contributed by atoms with E-state index in [0.717, 1.165) is 44.2 Å². The van der Waals surface area contributed by atoms with Crippen LogP contribution in [0.2, 0.25) is 0 Å². The topological polar surface area (TPSA) is 58.5 Å². The molecular formula is C13H23IN4O. The number of aromatic nitrogens is 1. The lowest BCUT2D eigenvalue weighted by Gasteiger charge is -2.11. The van der Waals surface area contributed by atoms with Crippen molar-refractivity contribution in [2.75, 3.05) is 33.9 Å². The number of nitrogens with zero attached hydrogens (tertiary/aromatic N) is 2. The van der Waals surface area contributed by atoms with E-state index in [0.29, 0.717) is 0 Å². The summed E-state index contributed by atoms with van der Waals surface area (Å²) in [5, 5.41) is 6.48. The molecule has 2 N–H and O–H groups in total. The normalized spacial score (nSPS) is 10.7. The Morgan fingerprint density at radius 1 is 1.32 bits per heavy atom. The Balaban J connectivity index is 0.00000324. The predicted octanol–water partition coefficient (Wildman–Crippen LogP) is 1.44. The summed E-state index contributed by atoms with van der Waals surface area (Å²) in [5.41, 5.74) is 1.08. The van der Waals surface area contributed by atoms with Gasteiger partial charge in [-0.1, -0.05) is 6.07 Å². The fourth-order valence-electron chi connectivity index (χ4n) is 1.50. The Kier molecular flexibility index (Phi) is 11.6. The van der Waals surface area contributed by atoms with Gasteiger partial charge < -0.3 is 15.4 Å². The zero-order chi connectivity index (χ0) is 13.1. The fourth-order valence-corrected chi connectivity index (χ4v) is 1.50. The molecule has 108 valence electrons. The quantitative estimate of drug-likeness (QED) is 0.326. The molecule has 0 radical (unpaired) electrons. The lowest BCUT2D eigenvalue weighted by Crippen LogP contribution is -2.39. The van der Waals surface area contributed by atoms with Gasteiger partial charge in [-0.25, -0.2) is 0 Å². The van der Waals surface area contributed by atoms with Gasteiger partial charge in [-0.2, -0.15) is 0 Å². The first-order chi connectivity index (χ1) is 8.86. The van der Waals surface area contributed by atoms with Gasteiger partial charge in [-0.05, 0) is 18.6 Å². The molecule has 0 saturated heterocycles. The van der Waals surface area contributed by atoms with Crippen molar-refractivity contribution in [2.24, 2.45) is 4.99 Å². The standard InChI is InChI=1S/C13H22N4O.HI/c1-14-13(16-9-5-11-18-2)17-10-7-12-6-3-4-8-15-12;/h3-4,6,8H,5,7,9-11H2,1-2H3,(H2,14,16,17);1H. The number of pyridine rings is 1. The zero-order valence-electron chi connectivity index (χ0n) is 11.6. The molecule has 0 unspecified atom stereocenters. The van der Waals surface area contributed by atoms with Crippen LogP contribution in [0.3, 0.4) is 0 Å². The first-order valence-corrected chi connectivity index (χ1v) is 6.20. The molecule has 0 atom stereocenters. The van der Waals surface area contributed by atoms with Crippen molar-refractivity contribution in [1.82, 2.24) is 15.6 Å². The van der Waals surface area contributed by atoms with Gasteiger partial charge in [-0.15, -0.1) is 24.0 Å². The highest BCUT2D eigenvalue weighted by Crippen LogP contribution is 1.92. The average molecular weight is 378 g/mol. The van der Waals surface area contributed by atoms with Gasteiger partial charge in [0.05, 0.1) is 0 Å². The van der Waals surface area contributed by atoms with E-state index in [9.17, 15) is 0 Å². The van der Waals surface area contributed by atoms with E-state index in [-0.39, 0.29) is 24.0 Å². The van der Waals surface area contributed by atoms with Crippen LogP contribution in [0.5, 0.6) is 0 Å². The first-order valence-electron chi connectivity index (χ1n) is 6.20. The van der Waals surface area contributed by atoms with Crippen LogP contribution in [0, 0.1) is 0 Å². The molecule has 0 aliphatic carbocycles. The van der Waals surface area contributed by atoms with Gasteiger partial charge in [-0.3, -0.25) is 9.98 Å². The van der Waals surface area contributed by atoms with Crippen LogP contribution in [0.1, 0.15) is 12.1 Å². The number of nitrogens with one attached hydrogen (secondary N) is 2. The monoisotopic (exact) mass is 378 g/mol. The van der Waals surface area contributed by atoms with Gasteiger partial charge in [0.25, 0.3) is 0 Å². The second kappa shape index (κ2) is 12.2. The minimum absolute atomic E-state index is 0. The smallest absolute Gasteiger partial charge is 0.190 e. The van der Waals surface area contributed by atoms with E-state index in [4.69, 9.17) is 4.74 Å². The SMILES string of the molecule is CN=C(NCCCOC)NCCc1ccccn1.I. The predicted molar refractivity (Wildman–Crippen MR) is 89.2 cm³/mol. The molecule has 0 fully saturated rings. The van der Waals surface area contributed by atoms with Crippen molar-refractivity contribution in [1.29, 1.82) is 0 Å². The van der Waals surface area contributed by atoms with Crippen molar-refractivity contribution >= 4 is 29.9 Å². The maximum absolute atomic E-state index is 4.99. The molecule has 0 saturated carbocycles. The molecule has 1 heterocycles. The van der Waals surface area contributed by atoms with Gasteiger partial charge in [0.1, 0.15) is 0 Å². The zero-order valence-corrected chi connectivity index (χ0v) is 13.9. The Labute approximate surface area is 132 Å². The lowest BCUT2D eigenvalue weighted by molar-refractivity contribution is 0.195. The largest absolute Gasteiger partial charge is 0.385 e. The van der Waals surface area contributed by atoms with Crippen molar-refractivity contribution in [3.63, 3.8) is 0 Å². The molecule has 0 amide bonds. The lowest BCUT2D eigenvalue weighted by atomic mass is 10.3. The molecule has 19 heavy (non-hydrogen) atoms. The van der Waals surface area contributed by atoms with Gasteiger partial charge >= 0.3 is 0 Å². The summed E-state index contributed by atoms with van der Waals surface area (Å²) in [5.74, 6) is 0.821. The van der Waals surface area contributed by atoms with Crippen LogP contribution in [0.25, 0.3) is 0 Å². The van der Waals surface area contributed by atoms with E-state index in [1.807, 2.05) is 24.4 Å². The molecule has 1 rings (SSSR count). The van der Waals surface area contributed by atoms with Crippen LogP contribution in [0.15, 0.2) is 29.4 Å². The molecule has 0 bridgehead atoms. The summed E-state index contributed by atoms with van der Waals surface area (Å²) in [6, 6.07) is 5.95. The number of hydrogen-bond acceptors (Lipinski definition) is 3. The number of halogens is 1. The highest BCUT2D eigenvalue weighted by atomic mass is 127. The van der Waals surface area contributed by atoms with Crippen molar-refractivity contribution in [3.05, 3.63) is 30.1 Å². The van der Waals surface area contributed by atoms with E-state index >= 15 is 0 Å². The van der Waals surface area contributed by atoms with Crippen LogP contribution >= 0.6 is 24.0 Å². The van der Waals surface area contributed by atoms with Crippen molar-refractivity contribution in [3.8, 4) is 0 Å². The maximum Gasteiger partial charge on any atom is 0.190 e. The Morgan fingerprint density at radius 2 is 2.11 bits per heavy atom. The molecule has 0 aliphatic rings. The number of aliphatic imine (C=N–C) groups is 1. The molecule has 1 aromatic heterocycles. The second-order valence-corrected chi connectivity index (χ2v) is 3.84. The molecule has 1 aromatic rings. The molecule has 0 aliphatic heterocycles.